The Labute approximate surface area is 119 Å². The van der Waals surface area contributed by atoms with Gasteiger partial charge in [0.2, 0.25) is 0 Å². The number of hydrogen-bond donors (Lipinski definition) is 1. The molecule has 2 rings (SSSR count). The van der Waals surface area contributed by atoms with E-state index in [-0.39, 0.29) is 0 Å². The molecule has 0 aliphatic carbocycles. The summed E-state index contributed by atoms with van der Waals surface area (Å²) in [4.78, 5) is 6.65. The lowest BCUT2D eigenvalue weighted by molar-refractivity contribution is 0.885. The average molecular weight is 276 g/mol. The van der Waals surface area contributed by atoms with Crippen LogP contribution in [0, 0.1) is 6.92 Å². The maximum Gasteiger partial charge on any atom is 0.129 e. The van der Waals surface area contributed by atoms with Gasteiger partial charge in [0.25, 0.3) is 0 Å². The smallest absolute Gasteiger partial charge is 0.129 e. The molecular weight excluding hydrogens is 258 g/mol. The Morgan fingerprint density at radius 2 is 1.84 bits per heavy atom. The van der Waals surface area contributed by atoms with E-state index in [4.69, 9.17) is 17.3 Å². The first kappa shape index (κ1) is 13.8. The van der Waals surface area contributed by atoms with Crippen LogP contribution in [0.5, 0.6) is 0 Å². The molecule has 19 heavy (non-hydrogen) atoms. The van der Waals surface area contributed by atoms with Gasteiger partial charge in [-0.3, -0.25) is 0 Å². The van der Waals surface area contributed by atoms with Gasteiger partial charge in [-0.1, -0.05) is 23.7 Å². The van der Waals surface area contributed by atoms with Crippen LogP contribution < -0.4 is 10.6 Å². The fraction of sp³-hybridized carbons (Fsp3) is 0.267. The zero-order chi connectivity index (χ0) is 13.8. The summed E-state index contributed by atoms with van der Waals surface area (Å²) in [6.07, 6.45) is 0. The van der Waals surface area contributed by atoms with E-state index in [9.17, 15) is 0 Å². The topological polar surface area (TPSA) is 42.1 Å². The van der Waals surface area contributed by atoms with Crippen LogP contribution in [0.4, 0.5) is 5.82 Å². The van der Waals surface area contributed by atoms with Gasteiger partial charge in [-0.25, -0.2) is 4.98 Å². The summed E-state index contributed by atoms with van der Waals surface area (Å²) in [5.41, 5.74) is 8.98. The third-order valence-corrected chi connectivity index (χ3v) is 3.21. The Kier molecular flexibility index (Phi) is 4.40. The van der Waals surface area contributed by atoms with E-state index < -0.39 is 0 Å². The first-order chi connectivity index (χ1) is 9.08. The van der Waals surface area contributed by atoms with Crippen molar-refractivity contribution in [3.8, 4) is 0 Å². The third kappa shape index (κ3) is 3.69. The molecule has 1 heterocycles. The van der Waals surface area contributed by atoms with E-state index >= 15 is 0 Å². The molecule has 2 aromatic rings. The van der Waals surface area contributed by atoms with Crippen LogP contribution in [-0.4, -0.2) is 12.0 Å². The lowest BCUT2D eigenvalue weighted by Crippen LogP contribution is -2.18. The van der Waals surface area contributed by atoms with Crippen molar-refractivity contribution in [3.63, 3.8) is 0 Å². The first-order valence-corrected chi connectivity index (χ1v) is 6.59. The molecule has 0 radical (unpaired) electrons. The quantitative estimate of drug-likeness (QED) is 0.932. The molecule has 4 heteroatoms. The molecule has 0 atom stereocenters. The van der Waals surface area contributed by atoms with Gasteiger partial charge >= 0.3 is 0 Å². The Hall–Kier alpha value is -1.58. The predicted octanol–water partition coefficient (Wildman–Crippen LogP) is 3.14. The summed E-state index contributed by atoms with van der Waals surface area (Å²) in [5.74, 6) is 0.940. The fourth-order valence-electron chi connectivity index (χ4n) is 1.98. The fourth-order valence-corrected chi connectivity index (χ4v) is 2.11. The van der Waals surface area contributed by atoms with Crippen molar-refractivity contribution < 1.29 is 0 Å². The number of nitrogens with zero attached hydrogens (tertiary/aromatic N) is 2. The second kappa shape index (κ2) is 6.04. The van der Waals surface area contributed by atoms with Crippen molar-refractivity contribution in [1.82, 2.24) is 4.98 Å². The second-order valence-electron chi connectivity index (χ2n) is 4.66. The molecule has 0 saturated carbocycles. The SMILES string of the molecule is Cc1cc(CN)cc(N(C)Cc2ccc(Cl)cc2)n1. The highest BCUT2D eigenvalue weighted by Gasteiger charge is 2.06. The Bertz CT molecular complexity index is 552. The van der Waals surface area contributed by atoms with Crippen LogP contribution in [0.1, 0.15) is 16.8 Å². The first-order valence-electron chi connectivity index (χ1n) is 6.21. The Morgan fingerprint density at radius 1 is 1.16 bits per heavy atom. The number of pyridine rings is 1. The van der Waals surface area contributed by atoms with E-state index in [2.05, 4.69) is 9.88 Å². The highest BCUT2D eigenvalue weighted by molar-refractivity contribution is 6.30. The predicted molar refractivity (Wildman–Crippen MR) is 80.4 cm³/mol. The number of nitrogens with two attached hydrogens (primary N) is 1. The summed E-state index contributed by atoms with van der Waals surface area (Å²) < 4.78 is 0. The molecule has 0 fully saturated rings. The number of benzene rings is 1. The summed E-state index contributed by atoms with van der Waals surface area (Å²) >= 11 is 5.89. The van der Waals surface area contributed by atoms with Gasteiger partial charge in [0.05, 0.1) is 0 Å². The van der Waals surface area contributed by atoms with Crippen LogP contribution in [0.25, 0.3) is 0 Å². The molecule has 0 unspecified atom stereocenters. The van der Waals surface area contributed by atoms with Gasteiger partial charge in [-0.05, 0) is 42.3 Å². The Balaban J connectivity index is 2.17. The molecule has 0 aliphatic heterocycles. The molecule has 3 nitrogen and oxygen atoms in total. The van der Waals surface area contributed by atoms with Gasteiger partial charge in [0, 0.05) is 30.9 Å². The lowest BCUT2D eigenvalue weighted by atomic mass is 10.2. The molecule has 100 valence electrons. The van der Waals surface area contributed by atoms with Crippen molar-refractivity contribution in [1.29, 1.82) is 0 Å². The summed E-state index contributed by atoms with van der Waals surface area (Å²) in [5, 5.41) is 0.755. The minimum absolute atomic E-state index is 0.533. The summed E-state index contributed by atoms with van der Waals surface area (Å²) in [6.45, 7) is 3.31. The van der Waals surface area contributed by atoms with Gasteiger partial charge < -0.3 is 10.6 Å². The van der Waals surface area contributed by atoms with Gasteiger partial charge in [0.15, 0.2) is 0 Å². The van der Waals surface area contributed by atoms with Crippen molar-refractivity contribution in [2.45, 2.75) is 20.0 Å². The summed E-state index contributed by atoms with van der Waals surface area (Å²) in [6, 6.07) is 11.9. The zero-order valence-electron chi connectivity index (χ0n) is 11.2. The average Bonchev–Trinajstić information content (AvgIpc) is 2.40. The van der Waals surface area contributed by atoms with Crippen LogP contribution in [0.3, 0.4) is 0 Å². The molecule has 0 bridgehead atoms. The maximum absolute atomic E-state index is 5.89. The van der Waals surface area contributed by atoms with Crippen molar-refractivity contribution in [2.75, 3.05) is 11.9 Å². The number of aryl methyl sites for hydroxylation is 1. The van der Waals surface area contributed by atoms with E-state index in [0.29, 0.717) is 6.54 Å². The van der Waals surface area contributed by atoms with E-state index in [1.165, 1.54) is 5.56 Å². The molecule has 0 amide bonds. The summed E-state index contributed by atoms with van der Waals surface area (Å²) in [7, 11) is 2.02. The second-order valence-corrected chi connectivity index (χ2v) is 5.10. The minimum atomic E-state index is 0.533. The normalized spacial score (nSPS) is 10.5. The third-order valence-electron chi connectivity index (χ3n) is 2.96. The standard InChI is InChI=1S/C15H18ClN3/c1-11-7-13(9-17)8-15(18-11)19(2)10-12-3-5-14(16)6-4-12/h3-8H,9-10,17H2,1-2H3. The monoisotopic (exact) mass is 275 g/mol. The minimum Gasteiger partial charge on any atom is -0.355 e. The number of rotatable bonds is 4. The van der Waals surface area contributed by atoms with Gasteiger partial charge in [0.1, 0.15) is 5.82 Å². The number of hydrogen-bond acceptors (Lipinski definition) is 3. The van der Waals surface area contributed by atoms with Gasteiger partial charge in [-0.2, -0.15) is 0 Å². The van der Waals surface area contributed by atoms with Crippen LogP contribution in [0.15, 0.2) is 36.4 Å². The van der Waals surface area contributed by atoms with Gasteiger partial charge in [-0.15, -0.1) is 0 Å². The molecule has 1 aromatic heterocycles. The van der Waals surface area contributed by atoms with E-state index in [1.807, 2.05) is 50.4 Å². The van der Waals surface area contributed by atoms with Crippen molar-refractivity contribution in [3.05, 3.63) is 58.2 Å². The van der Waals surface area contributed by atoms with E-state index in [1.54, 1.807) is 0 Å². The van der Waals surface area contributed by atoms with Crippen LogP contribution >= 0.6 is 11.6 Å². The molecule has 2 N–H and O–H groups in total. The van der Waals surface area contributed by atoms with Crippen molar-refractivity contribution >= 4 is 17.4 Å². The number of aromatic nitrogens is 1. The molecule has 0 saturated heterocycles. The molecule has 0 spiro atoms. The highest BCUT2D eigenvalue weighted by atomic mass is 35.5. The zero-order valence-corrected chi connectivity index (χ0v) is 12.0. The number of halogens is 1. The highest BCUT2D eigenvalue weighted by Crippen LogP contribution is 2.17. The van der Waals surface area contributed by atoms with Crippen LogP contribution in [-0.2, 0) is 13.1 Å². The molecule has 0 aliphatic rings. The van der Waals surface area contributed by atoms with Crippen LogP contribution in [0.2, 0.25) is 5.02 Å². The van der Waals surface area contributed by atoms with E-state index in [0.717, 1.165) is 28.6 Å². The maximum atomic E-state index is 5.89. The lowest BCUT2D eigenvalue weighted by Gasteiger charge is -2.19. The Morgan fingerprint density at radius 3 is 2.47 bits per heavy atom. The molecular formula is C15H18ClN3. The molecule has 1 aromatic carbocycles. The largest absolute Gasteiger partial charge is 0.355 e. The van der Waals surface area contributed by atoms with Crippen molar-refractivity contribution in [2.24, 2.45) is 5.73 Å². The number of anilines is 1.